The smallest absolute Gasteiger partial charge is 0.224 e. The molecule has 1 fully saturated rings. The lowest BCUT2D eigenvalue weighted by Crippen LogP contribution is -2.43. The van der Waals surface area contributed by atoms with E-state index in [-0.39, 0.29) is 11.8 Å². The zero-order chi connectivity index (χ0) is 20.1. The zero-order valence-corrected chi connectivity index (χ0v) is 17.6. The molecule has 0 spiro atoms. The lowest BCUT2D eigenvalue weighted by atomic mass is 9.97. The summed E-state index contributed by atoms with van der Waals surface area (Å²) in [6.45, 7) is 2.42. The zero-order valence-electron chi connectivity index (χ0n) is 16.8. The second-order valence-electron chi connectivity index (χ2n) is 7.50. The molecule has 1 aromatic heterocycles. The van der Waals surface area contributed by atoms with Gasteiger partial charge in [0.15, 0.2) is 5.13 Å². The monoisotopic (exact) mass is 409 g/mol. The van der Waals surface area contributed by atoms with Crippen molar-refractivity contribution in [2.45, 2.75) is 25.7 Å². The van der Waals surface area contributed by atoms with Crippen LogP contribution in [0.3, 0.4) is 0 Å². The highest BCUT2D eigenvalue weighted by Gasteiger charge is 2.27. The summed E-state index contributed by atoms with van der Waals surface area (Å²) in [6, 6.07) is 16.4. The summed E-state index contributed by atoms with van der Waals surface area (Å²) < 4.78 is 6.43. The Hall–Kier alpha value is -2.60. The number of aryl methyl sites for hydroxylation is 1. The number of hydrogen-bond acceptors (Lipinski definition) is 5. The average Bonchev–Trinajstić information content (AvgIpc) is 3.21. The largest absolute Gasteiger partial charge is 0.497 e. The van der Waals surface area contributed by atoms with Gasteiger partial charge in [0.05, 0.1) is 23.2 Å². The molecule has 5 nitrogen and oxygen atoms in total. The van der Waals surface area contributed by atoms with Crippen molar-refractivity contribution in [3.8, 4) is 5.75 Å². The number of anilines is 1. The fourth-order valence-electron chi connectivity index (χ4n) is 3.81. The number of carbonyl (C=O) groups excluding carboxylic acids is 1. The molecule has 3 aromatic rings. The lowest BCUT2D eigenvalue weighted by Gasteiger charge is -2.31. The number of carbonyl (C=O) groups is 1. The maximum atomic E-state index is 12.7. The van der Waals surface area contributed by atoms with Gasteiger partial charge in [0, 0.05) is 19.6 Å². The van der Waals surface area contributed by atoms with E-state index in [2.05, 4.69) is 34.5 Å². The highest BCUT2D eigenvalue weighted by atomic mass is 32.1. The van der Waals surface area contributed by atoms with E-state index in [1.165, 1.54) is 5.56 Å². The molecule has 0 radical (unpaired) electrons. The van der Waals surface area contributed by atoms with Crippen molar-refractivity contribution in [1.82, 2.24) is 10.3 Å². The SMILES string of the molecule is COc1ccc2nc(N3CCCC(C(=O)NCCCc4ccccc4)C3)sc2c1. The molecule has 1 N–H and O–H groups in total. The van der Waals surface area contributed by atoms with Crippen molar-refractivity contribution < 1.29 is 9.53 Å². The molecular weight excluding hydrogens is 382 g/mol. The Morgan fingerprint density at radius 2 is 2.14 bits per heavy atom. The Morgan fingerprint density at radius 3 is 2.97 bits per heavy atom. The number of rotatable bonds is 7. The van der Waals surface area contributed by atoms with Crippen LogP contribution in [0.5, 0.6) is 5.75 Å². The number of fused-ring (bicyclic) bond motifs is 1. The summed E-state index contributed by atoms with van der Waals surface area (Å²) in [5.41, 5.74) is 2.30. The van der Waals surface area contributed by atoms with Crippen LogP contribution in [-0.4, -0.2) is 37.6 Å². The van der Waals surface area contributed by atoms with Gasteiger partial charge in [0.25, 0.3) is 0 Å². The number of aromatic nitrogens is 1. The molecular formula is C23H27N3O2S. The first-order chi connectivity index (χ1) is 14.2. The predicted molar refractivity (Wildman–Crippen MR) is 119 cm³/mol. The highest BCUT2D eigenvalue weighted by Crippen LogP contribution is 2.33. The molecule has 0 aliphatic carbocycles. The molecule has 152 valence electrons. The Kier molecular flexibility index (Phi) is 6.30. The molecule has 1 amide bonds. The maximum absolute atomic E-state index is 12.7. The molecule has 2 heterocycles. The van der Waals surface area contributed by atoms with Crippen LogP contribution >= 0.6 is 11.3 Å². The molecule has 1 atom stereocenters. The van der Waals surface area contributed by atoms with Crippen LogP contribution in [0.4, 0.5) is 5.13 Å². The normalized spacial score (nSPS) is 16.7. The quantitative estimate of drug-likeness (QED) is 0.592. The first-order valence-electron chi connectivity index (χ1n) is 10.2. The summed E-state index contributed by atoms with van der Waals surface area (Å²) in [4.78, 5) is 19.7. The molecule has 0 bridgehead atoms. The summed E-state index contributed by atoms with van der Waals surface area (Å²) in [6.07, 6.45) is 3.92. The predicted octanol–water partition coefficient (Wildman–Crippen LogP) is 4.27. The number of methoxy groups -OCH3 is 1. The molecule has 4 rings (SSSR count). The topological polar surface area (TPSA) is 54.5 Å². The molecule has 2 aromatic carbocycles. The van der Waals surface area contributed by atoms with E-state index in [4.69, 9.17) is 9.72 Å². The van der Waals surface area contributed by atoms with Gasteiger partial charge in [-0.15, -0.1) is 0 Å². The molecule has 1 aliphatic heterocycles. The van der Waals surface area contributed by atoms with E-state index in [1.807, 2.05) is 24.3 Å². The lowest BCUT2D eigenvalue weighted by molar-refractivity contribution is -0.125. The van der Waals surface area contributed by atoms with Gasteiger partial charge >= 0.3 is 0 Å². The van der Waals surface area contributed by atoms with Crippen LogP contribution in [0.2, 0.25) is 0 Å². The van der Waals surface area contributed by atoms with Crippen LogP contribution in [0.1, 0.15) is 24.8 Å². The number of piperidine rings is 1. The minimum Gasteiger partial charge on any atom is -0.497 e. The van der Waals surface area contributed by atoms with Crippen LogP contribution < -0.4 is 15.0 Å². The number of benzene rings is 2. The Balaban J connectivity index is 1.31. The van der Waals surface area contributed by atoms with Gasteiger partial charge < -0.3 is 15.0 Å². The fraction of sp³-hybridized carbons (Fsp3) is 0.391. The van der Waals surface area contributed by atoms with Crippen molar-refractivity contribution >= 4 is 32.6 Å². The molecule has 1 aliphatic rings. The van der Waals surface area contributed by atoms with E-state index in [0.717, 1.165) is 66.4 Å². The van der Waals surface area contributed by atoms with E-state index in [1.54, 1.807) is 18.4 Å². The van der Waals surface area contributed by atoms with E-state index in [0.29, 0.717) is 0 Å². The second-order valence-corrected chi connectivity index (χ2v) is 8.50. The molecule has 1 saturated heterocycles. The summed E-state index contributed by atoms with van der Waals surface area (Å²) in [5.74, 6) is 1.05. The van der Waals surface area contributed by atoms with Crippen molar-refractivity contribution in [3.05, 3.63) is 54.1 Å². The number of nitrogens with one attached hydrogen (secondary N) is 1. The fourth-order valence-corrected chi connectivity index (χ4v) is 4.84. The maximum Gasteiger partial charge on any atom is 0.224 e. The van der Waals surface area contributed by atoms with Gasteiger partial charge in [-0.05, 0) is 49.4 Å². The second kappa shape index (κ2) is 9.27. The van der Waals surface area contributed by atoms with Crippen LogP contribution in [0.15, 0.2) is 48.5 Å². The molecule has 29 heavy (non-hydrogen) atoms. The molecule has 6 heteroatoms. The third-order valence-electron chi connectivity index (χ3n) is 5.43. The van der Waals surface area contributed by atoms with Crippen molar-refractivity contribution in [2.24, 2.45) is 5.92 Å². The number of thiazole rings is 1. The van der Waals surface area contributed by atoms with Gasteiger partial charge in [-0.3, -0.25) is 4.79 Å². The van der Waals surface area contributed by atoms with Crippen LogP contribution in [0.25, 0.3) is 10.2 Å². The Bertz CT molecular complexity index is 957. The number of amides is 1. The minimum absolute atomic E-state index is 0.0297. The summed E-state index contributed by atoms with van der Waals surface area (Å²) in [7, 11) is 1.68. The molecule has 0 saturated carbocycles. The third-order valence-corrected chi connectivity index (χ3v) is 6.51. The van der Waals surface area contributed by atoms with E-state index >= 15 is 0 Å². The standard InChI is InChI=1S/C23H27N3O2S/c1-28-19-11-12-20-21(15-19)29-23(25-20)26-14-6-10-18(16-26)22(27)24-13-5-9-17-7-3-2-4-8-17/h2-4,7-8,11-12,15,18H,5-6,9-10,13-14,16H2,1H3,(H,24,27). The van der Waals surface area contributed by atoms with Gasteiger partial charge in [-0.2, -0.15) is 0 Å². The first kappa shape index (κ1) is 19.7. The van der Waals surface area contributed by atoms with Crippen LogP contribution in [0, 0.1) is 5.92 Å². The number of nitrogens with zero attached hydrogens (tertiary/aromatic N) is 2. The Labute approximate surface area is 175 Å². The van der Waals surface area contributed by atoms with Crippen molar-refractivity contribution in [3.63, 3.8) is 0 Å². The first-order valence-corrected chi connectivity index (χ1v) is 11.1. The highest BCUT2D eigenvalue weighted by molar-refractivity contribution is 7.22. The van der Waals surface area contributed by atoms with Gasteiger partial charge in [-0.25, -0.2) is 4.98 Å². The van der Waals surface area contributed by atoms with E-state index in [9.17, 15) is 4.79 Å². The van der Waals surface area contributed by atoms with Gasteiger partial charge in [0.2, 0.25) is 5.91 Å². The minimum atomic E-state index is 0.0297. The van der Waals surface area contributed by atoms with Crippen LogP contribution in [-0.2, 0) is 11.2 Å². The number of hydrogen-bond donors (Lipinski definition) is 1. The number of ether oxygens (including phenoxy) is 1. The Morgan fingerprint density at radius 1 is 1.28 bits per heavy atom. The summed E-state index contributed by atoms with van der Waals surface area (Å²) >= 11 is 1.67. The van der Waals surface area contributed by atoms with Gasteiger partial charge in [0.1, 0.15) is 5.75 Å². The van der Waals surface area contributed by atoms with Gasteiger partial charge in [-0.1, -0.05) is 41.7 Å². The third kappa shape index (κ3) is 4.88. The average molecular weight is 410 g/mol. The van der Waals surface area contributed by atoms with Crippen molar-refractivity contribution in [2.75, 3.05) is 31.6 Å². The van der Waals surface area contributed by atoms with Crippen molar-refractivity contribution in [1.29, 1.82) is 0 Å². The van der Waals surface area contributed by atoms with E-state index < -0.39 is 0 Å². The molecule has 1 unspecified atom stereocenters. The summed E-state index contributed by atoms with van der Waals surface area (Å²) in [5, 5.41) is 4.13.